The van der Waals surface area contributed by atoms with Crippen LogP contribution >= 0.6 is 11.6 Å². The fourth-order valence-corrected chi connectivity index (χ4v) is 3.12. The molecule has 0 amide bonds. The van der Waals surface area contributed by atoms with E-state index in [2.05, 4.69) is 0 Å². The lowest BCUT2D eigenvalue weighted by Crippen LogP contribution is -2.25. The van der Waals surface area contributed by atoms with E-state index in [1.54, 1.807) is 18.2 Å². The molecule has 104 valence electrons. The summed E-state index contributed by atoms with van der Waals surface area (Å²) in [7, 11) is 0. The Labute approximate surface area is 122 Å². The third-order valence-electron chi connectivity index (χ3n) is 3.92. The highest BCUT2D eigenvalue weighted by molar-refractivity contribution is 6.30. The summed E-state index contributed by atoms with van der Waals surface area (Å²) in [5, 5.41) is 11.0. The van der Waals surface area contributed by atoms with Gasteiger partial charge in [-0.05, 0) is 53.8 Å². The van der Waals surface area contributed by atoms with Crippen molar-refractivity contribution in [1.29, 1.82) is 0 Å². The first-order chi connectivity index (χ1) is 9.48. The predicted octanol–water partition coefficient (Wildman–Crippen LogP) is 3.44. The highest BCUT2D eigenvalue weighted by Crippen LogP contribution is 2.40. The van der Waals surface area contributed by atoms with Gasteiger partial charge in [0.15, 0.2) is 0 Å². The summed E-state index contributed by atoms with van der Waals surface area (Å²) in [4.78, 5) is 0. The molecule has 0 fully saturated rings. The molecular weight excluding hydrogens is 277 g/mol. The smallest absolute Gasteiger partial charge is 0.141 e. The van der Waals surface area contributed by atoms with E-state index in [9.17, 15) is 9.50 Å². The summed E-state index contributed by atoms with van der Waals surface area (Å²) in [6.45, 7) is 0. The number of aliphatic hydroxyl groups is 1. The molecule has 1 atom stereocenters. The molecule has 0 aromatic heterocycles. The molecule has 2 aromatic carbocycles. The summed E-state index contributed by atoms with van der Waals surface area (Å²) in [5.41, 5.74) is 8.36. The van der Waals surface area contributed by atoms with E-state index >= 15 is 0 Å². The number of rotatable bonds is 2. The van der Waals surface area contributed by atoms with Gasteiger partial charge in [0.05, 0.1) is 10.6 Å². The Morgan fingerprint density at radius 3 is 2.80 bits per heavy atom. The maximum Gasteiger partial charge on any atom is 0.141 e. The molecule has 0 heterocycles. The number of benzene rings is 2. The van der Waals surface area contributed by atoms with E-state index in [0.29, 0.717) is 18.5 Å². The monoisotopic (exact) mass is 291 g/mol. The Hall–Kier alpha value is -1.58. The second kappa shape index (κ2) is 4.76. The van der Waals surface area contributed by atoms with Crippen molar-refractivity contribution in [3.05, 3.63) is 63.9 Å². The van der Waals surface area contributed by atoms with Crippen LogP contribution in [0.5, 0.6) is 0 Å². The van der Waals surface area contributed by atoms with Crippen LogP contribution in [0.1, 0.15) is 23.1 Å². The van der Waals surface area contributed by atoms with Gasteiger partial charge >= 0.3 is 0 Å². The lowest BCUT2D eigenvalue weighted by atomic mass is 9.88. The van der Waals surface area contributed by atoms with E-state index in [-0.39, 0.29) is 5.02 Å². The molecule has 0 radical (unpaired) electrons. The van der Waals surface area contributed by atoms with E-state index in [4.69, 9.17) is 17.3 Å². The van der Waals surface area contributed by atoms with Crippen molar-refractivity contribution in [2.45, 2.75) is 24.9 Å². The van der Waals surface area contributed by atoms with Gasteiger partial charge in [-0.15, -0.1) is 0 Å². The fraction of sp³-hybridized carbons (Fsp3) is 0.250. The Morgan fingerprint density at radius 1 is 1.25 bits per heavy atom. The standard InChI is InChI=1S/C16H15ClFNO/c17-14-7-10(1-4-15(14)18)9-16(20)6-5-11-8-12(19)2-3-13(11)16/h1-4,7-8,20H,5-6,9,19H2. The maximum absolute atomic E-state index is 13.2. The summed E-state index contributed by atoms with van der Waals surface area (Å²) in [6.07, 6.45) is 1.86. The normalized spacial score (nSPS) is 20.9. The van der Waals surface area contributed by atoms with Gasteiger partial charge in [0.1, 0.15) is 5.82 Å². The number of aryl methyl sites for hydroxylation is 1. The van der Waals surface area contributed by atoms with Gasteiger partial charge in [0.2, 0.25) is 0 Å². The predicted molar refractivity (Wildman–Crippen MR) is 78.2 cm³/mol. The molecule has 4 heteroatoms. The Bertz CT molecular complexity index is 674. The number of nitrogen functional groups attached to an aromatic ring is 1. The molecule has 1 unspecified atom stereocenters. The molecule has 2 aromatic rings. The number of anilines is 1. The minimum absolute atomic E-state index is 0.0848. The van der Waals surface area contributed by atoms with Crippen LogP contribution in [0.15, 0.2) is 36.4 Å². The van der Waals surface area contributed by atoms with Crippen LogP contribution in [0.25, 0.3) is 0 Å². The van der Waals surface area contributed by atoms with Crippen molar-refractivity contribution in [2.24, 2.45) is 0 Å². The molecule has 2 nitrogen and oxygen atoms in total. The Morgan fingerprint density at radius 2 is 2.05 bits per heavy atom. The van der Waals surface area contributed by atoms with E-state index in [1.165, 1.54) is 6.07 Å². The summed E-state index contributed by atoms with van der Waals surface area (Å²) in [6, 6.07) is 10.2. The number of hydrogen-bond donors (Lipinski definition) is 2. The summed E-state index contributed by atoms with van der Waals surface area (Å²) >= 11 is 5.79. The van der Waals surface area contributed by atoms with Crippen LogP contribution < -0.4 is 5.73 Å². The van der Waals surface area contributed by atoms with E-state index < -0.39 is 11.4 Å². The molecule has 0 bridgehead atoms. The van der Waals surface area contributed by atoms with Crippen molar-refractivity contribution in [2.75, 3.05) is 5.73 Å². The van der Waals surface area contributed by atoms with Crippen LogP contribution in [0.2, 0.25) is 5.02 Å². The highest BCUT2D eigenvalue weighted by Gasteiger charge is 2.36. The van der Waals surface area contributed by atoms with Gasteiger partial charge in [0.25, 0.3) is 0 Å². The van der Waals surface area contributed by atoms with Crippen molar-refractivity contribution in [3.63, 3.8) is 0 Å². The van der Waals surface area contributed by atoms with Gasteiger partial charge in [-0.1, -0.05) is 23.7 Å². The molecular formula is C16H15ClFNO. The Kier molecular flexibility index (Phi) is 3.19. The summed E-state index contributed by atoms with van der Waals surface area (Å²) < 4.78 is 13.2. The van der Waals surface area contributed by atoms with Crippen molar-refractivity contribution in [1.82, 2.24) is 0 Å². The first-order valence-corrected chi connectivity index (χ1v) is 6.91. The third kappa shape index (κ3) is 2.28. The minimum Gasteiger partial charge on any atom is -0.399 e. The van der Waals surface area contributed by atoms with Crippen molar-refractivity contribution >= 4 is 17.3 Å². The molecule has 0 saturated heterocycles. The van der Waals surface area contributed by atoms with Crippen LogP contribution in [0.3, 0.4) is 0 Å². The second-order valence-corrected chi connectivity index (χ2v) is 5.78. The van der Waals surface area contributed by atoms with Crippen LogP contribution in [-0.2, 0) is 18.4 Å². The summed E-state index contributed by atoms with van der Waals surface area (Å²) in [5.74, 6) is -0.443. The molecule has 3 rings (SSSR count). The second-order valence-electron chi connectivity index (χ2n) is 5.37. The minimum atomic E-state index is -0.926. The van der Waals surface area contributed by atoms with Crippen LogP contribution in [-0.4, -0.2) is 5.11 Å². The Balaban J connectivity index is 1.93. The van der Waals surface area contributed by atoms with E-state index in [0.717, 1.165) is 23.1 Å². The van der Waals surface area contributed by atoms with Gasteiger partial charge in [-0.25, -0.2) is 4.39 Å². The largest absolute Gasteiger partial charge is 0.399 e. The van der Waals surface area contributed by atoms with Crippen molar-refractivity contribution < 1.29 is 9.50 Å². The van der Waals surface area contributed by atoms with Crippen LogP contribution in [0.4, 0.5) is 10.1 Å². The van der Waals surface area contributed by atoms with Gasteiger partial charge in [-0.3, -0.25) is 0 Å². The molecule has 20 heavy (non-hydrogen) atoms. The zero-order chi connectivity index (χ0) is 14.3. The fourth-order valence-electron chi connectivity index (χ4n) is 2.92. The molecule has 0 aliphatic heterocycles. The number of fused-ring (bicyclic) bond motifs is 1. The number of halogens is 2. The average molecular weight is 292 g/mol. The molecule has 3 N–H and O–H groups in total. The lowest BCUT2D eigenvalue weighted by molar-refractivity contribution is 0.0389. The first-order valence-electron chi connectivity index (χ1n) is 6.53. The van der Waals surface area contributed by atoms with Crippen molar-refractivity contribution in [3.8, 4) is 0 Å². The highest BCUT2D eigenvalue weighted by atomic mass is 35.5. The quantitative estimate of drug-likeness (QED) is 0.833. The zero-order valence-electron chi connectivity index (χ0n) is 10.9. The van der Waals surface area contributed by atoms with Gasteiger partial charge < -0.3 is 10.8 Å². The maximum atomic E-state index is 13.2. The lowest BCUT2D eigenvalue weighted by Gasteiger charge is -2.24. The average Bonchev–Trinajstić information content (AvgIpc) is 2.71. The van der Waals surface area contributed by atoms with Gasteiger partial charge in [-0.2, -0.15) is 0 Å². The molecule has 0 spiro atoms. The molecule has 1 aliphatic carbocycles. The van der Waals surface area contributed by atoms with Gasteiger partial charge in [0, 0.05) is 12.1 Å². The topological polar surface area (TPSA) is 46.2 Å². The number of nitrogens with two attached hydrogens (primary N) is 1. The first kappa shape index (κ1) is 13.4. The number of hydrogen-bond acceptors (Lipinski definition) is 2. The zero-order valence-corrected chi connectivity index (χ0v) is 11.6. The van der Waals surface area contributed by atoms with E-state index in [1.807, 2.05) is 12.1 Å². The third-order valence-corrected chi connectivity index (χ3v) is 4.21. The van der Waals surface area contributed by atoms with Crippen LogP contribution in [0, 0.1) is 5.82 Å². The molecule has 0 saturated carbocycles. The SMILES string of the molecule is Nc1ccc2c(c1)CCC2(O)Cc1ccc(F)c(Cl)c1. The molecule has 1 aliphatic rings.